The first-order valence-corrected chi connectivity index (χ1v) is 7.27. The number of aliphatic hydroxyl groups excluding tert-OH is 1. The van der Waals surface area contributed by atoms with E-state index >= 15 is 0 Å². The van der Waals surface area contributed by atoms with Gasteiger partial charge in [0, 0.05) is 30.5 Å². The Labute approximate surface area is 111 Å². The van der Waals surface area contributed by atoms with Crippen LogP contribution in [-0.2, 0) is 4.74 Å². The minimum absolute atomic E-state index is 0.148. The highest BCUT2D eigenvalue weighted by molar-refractivity contribution is 5.11. The van der Waals surface area contributed by atoms with Crippen molar-refractivity contribution in [2.24, 2.45) is 16.7 Å². The molecule has 0 radical (unpaired) electrons. The molecular weight excluding hydrogens is 226 g/mol. The highest BCUT2D eigenvalue weighted by atomic mass is 16.5. The van der Waals surface area contributed by atoms with Gasteiger partial charge in [-0.05, 0) is 25.2 Å². The van der Waals surface area contributed by atoms with Crippen LogP contribution < -0.4 is 5.32 Å². The zero-order chi connectivity index (χ0) is 13.6. The molecule has 0 aromatic heterocycles. The summed E-state index contributed by atoms with van der Waals surface area (Å²) in [5.41, 5.74) is 0.400. The van der Waals surface area contributed by atoms with Crippen LogP contribution in [0.5, 0.6) is 0 Å². The van der Waals surface area contributed by atoms with E-state index in [9.17, 15) is 5.11 Å². The summed E-state index contributed by atoms with van der Waals surface area (Å²) in [6, 6.07) is 0.568. The Morgan fingerprint density at radius 3 is 2.72 bits per heavy atom. The maximum absolute atomic E-state index is 9.53. The van der Waals surface area contributed by atoms with E-state index in [1.807, 2.05) is 6.92 Å². The fraction of sp³-hybridized carbons (Fsp3) is 1.00. The molecule has 2 aliphatic rings. The molecule has 1 saturated carbocycles. The van der Waals surface area contributed by atoms with Crippen LogP contribution in [0.1, 0.15) is 47.5 Å². The second-order valence-electron chi connectivity index (χ2n) is 7.64. The van der Waals surface area contributed by atoms with Crippen LogP contribution in [0.25, 0.3) is 0 Å². The highest BCUT2D eigenvalue weighted by Crippen LogP contribution is 2.52. The fourth-order valence-electron chi connectivity index (χ4n) is 4.00. The summed E-state index contributed by atoms with van der Waals surface area (Å²) in [6.45, 7) is 12.8. The van der Waals surface area contributed by atoms with Gasteiger partial charge in [0.2, 0.25) is 0 Å². The van der Waals surface area contributed by atoms with Gasteiger partial charge in [-0.2, -0.15) is 0 Å². The predicted octanol–water partition coefficient (Wildman–Crippen LogP) is 2.19. The van der Waals surface area contributed by atoms with Gasteiger partial charge in [0.15, 0.2) is 0 Å². The van der Waals surface area contributed by atoms with Crippen molar-refractivity contribution in [3.8, 4) is 0 Å². The lowest BCUT2D eigenvalue weighted by atomic mass is 9.57. The monoisotopic (exact) mass is 255 g/mol. The van der Waals surface area contributed by atoms with E-state index in [-0.39, 0.29) is 16.9 Å². The number of fused-ring (bicyclic) bond motifs is 1. The third kappa shape index (κ3) is 2.59. The molecule has 0 aromatic rings. The van der Waals surface area contributed by atoms with Crippen molar-refractivity contribution in [2.75, 3.05) is 13.2 Å². The van der Waals surface area contributed by atoms with Gasteiger partial charge in [-0.25, -0.2) is 0 Å². The van der Waals surface area contributed by atoms with Crippen LogP contribution in [-0.4, -0.2) is 36.5 Å². The van der Waals surface area contributed by atoms with E-state index in [4.69, 9.17) is 4.74 Å². The molecule has 1 heterocycles. The maximum atomic E-state index is 9.53. The van der Waals surface area contributed by atoms with E-state index in [1.54, 1.807) is 0 Å². The summed E-state index contributed by atoms with van der Waals surface area (Å²) in [4.78, 5) is 0. The smallest absolute Gasteiger partial charge is 0.0685 e. The van der Waals surface area contributed by atoms with Crippen LogP contribution >= 0.6 is 0 Å². The first-order chi connectivity index (χ1) is 8.24. The molecule has 2 fully saturated rings. The summed E-state index contributed by atoms with van der Waals surface area (Å²) in [6.07, 6.45) is 2.27. The zero-order valence-corrected chi connectivity index (χ0v) is 12.5. The van der Waals surface area contributed by atoms with E-state index < -0.39 is 0 Å². The van der Waals surface area contributed by atoms with Gasteiger partial charge in [-0.3, -0.25) is 0 Å². The van der Waals surface area contributed by atoms with Crippen LogP contribution in [0, 0.1) is 16.7 Å². The second kappa shape index (κ2) is 4.77. The van der Waals surface area contributed by atoms with Crippen molar-refractivity contribution in [3.63, 3.8) is 0 Å². The molecule has 0 amide bonds. The van der Waals surface area contributed by atoms with Gasteiger partial charge in [-0.1, -0.05) is 27.7 Å². The molecule has 3 heteroatoms. The molecular formula is C15H29NO2. The number of nitrogens with one attached hydrogen (secondary N) is 1. The summed E-state index contributed by atoms with van der Waals surface area (Å²) in [5, 5.41) is 13.3. The molecule has 1 saturated heterocycles. The molecule has 1 aliphatic heterocycles. The molecule has 2 rings (SSSR count). The van der Waals surface area contributed by atoms with E-state index in [0.29, 0.717) is 18.1 Å². The summed E-state index contributed by atoms with van der Waals surface area (Å²) < 4.78 is 5.81. The Bertz CT molecular complexity index is 299. The van der Waals surface area contributed by atoms with Crippen molar-refractivity contribution in [1.29, 1.82) is 0 Å². The van der Waals surface area contributed by atoms with Crippen LogP contribution in [0.2, 0.25) is 0 Å². The van der Waals surface area contributed by atoms with Crippen LogP contribution in [0.4, 0.5) is 0 Å². The SMILES string of the molecule is CC(O)CC(C)(C)CNC1C2CCOC2C1(C)C. The van der Waals surface area contributed by atoms with E-state index in [0.717, 1.165) is 19.6 Å². The summed E-state index contributed by atoms with van der Waals surface area (Å²) in [5.74, 6) is 0.697. The quantitative estimate of drug-likeness (QED) is 0.791. The van der Waals surface area contributed by atoms with E-state index in [1.165, 1.54) is 6.42 Å². The number of ether oxygens (including phenoxy) is 1. The zero-order valence-electron chi connectivity index (χ0n) is 12.5. The van der Waals surface area contributed by atoms with E-state index in [2.05, 4.69) is 33.0 Å². The highest BCUT2D eigenvalue weighted by Gasteiger charge is 2.59. The van der Waals surface area contributed by atoms with Crippen LogP contribution in [0.15, 0.2) is 0 Å². The molecule has 18 heavy (non-hydrogen) atoms. The molecule has 3 nitrogen and oxygen atoms in total. The first kappa shape index (κ1) is 14.3. The maximum Gasteiger partial charge on any atom is 0.0685 e. The third-order valence-electron chi connectivity index (χ3n) is 4.75. The largest absolute Gasteiger partial charge is 0.393 e. The van der Waals surface area contributed by atoms with Crippen molar-refractivity contribution < 1.29 is 9.84 Å². The lowest BCUT2D eigenvalue weighted by Gasteiger charge is -2.55. The Morgan fingerprint density at radius 1 is 1.44 bits per heavy atom. The van der Waals surface area contributed by atoms with Crippen LogP contribution in [0.3, 0.4) is 0 Å². The third-order valence-corrected chi connectivity index (χ3v) is 4.75. The minimum Gasteiger partial charge on any atom is -0.393 e. The number of aliphatic hydroxyl groups is 1. The molecule has 0 spiro atoms. The lowest BCUT2D eigenvalue weighted by Crippen LogP contribution is -2.66. The molecule has 4 unspecified atom stereocenters. The summed E-state index contributed by atoms with van der Waals surface area (Å²) in [7, 11) is 0. The Hall–Kier alpha value is -0.120. The number of hydrogen-bond acceptors (Lipinski definition) is 3. The van der Waals surface area contributed by atoms with Gasteiger partial charge in [0.05, 0.1) is 12.2 Å². The number of hydrogen-bond donors (Lipinski definition) is 2. The Balaban J connectivity index is 1.87. The average molecular weight is 255 g/mol. The standard InChI is InChI=1S/C15H29NO2/c1-10(17)8-14(2,3)9-16-12-11-6-7-18-13(11)15(12,4)5/h10-13,16-17H,6-9H2,1-5H3. The van der Waals surface area contributed by atoms with Crippen molar-refractivity contribution in [2.45, 2.75) is 65.7 Å². The molecule has 0 bridgehead atoms. The second-order valence-corrected chi connectivity index (χ2v) is 7.64. The predicted molar refractivity (Wildman–Crippen MR) is 73.5 cm³/mol. The number of rotatable bonds is 5. The topological polar surface area (TPSA) is 41.5 Å². The Kier molecular flexibility index (Phi) is 3.79. The fourth-order valence-corrected chi connectivity index (χ4v) is 4.00. The first-order valence-electron chi connectivity index (χ1n) is 7.27. The summed E-state index contributed by atoms with van der Waals surface area (Å²) >= 11 is 0. The van der Waals surface area contributed by atoms with Gasteiger partial charge in [0.25, 0.3) is 0 Å². The van der Waals surface area contributed by atoms with Crippen molar-refractivity contribution >= 4 is 0 Å². The van der Waals surface area contributed by atoms with Crippen molar-refractivity contribution in [3.05, 3.63) is 0 Å². The van der Waals surface area contributed by atoms with Crippen molar-refractivity contribution in [1.82, 2.24) is 5.32 Å². The normalized spacial score (nSPS) is 36.0. The molecule has 2 N–H and O–H groups in total. The van der Waals surface area contributed by atoms with Gasteiger partial charge in [0.1, 0.15) is 0 Å². The molecule has 106 valence electrons. The van der Waals surface area contributed by atoms with Gasteiger partial charge < -0.3 is 15.2 Å². The molecule has 4 atom stereocenters. The van der Waals surface area contributed by atoms with Gasteiger partial charge in [-0.15, -0.1) is 0 Å². The molecule has 1 aliphatic carbocycles. The van der Waals surface area contributed by atoms with Gasteiger partial charge >= 0.3 is 0 Å². The lowest BCUT2D eigenvalue weighted by molar-refractivity contribution is -0.114. The molecule has 0 aromatic carbocycles. The minimum atomic E-state index is -0.223. The average Bonchev–Trinajstić information content (AvgIpc) is 2.61. The Morgan fingerprint density at radius 2 is 2.11 bits per heavy atom.